The van der Waals surface area contributed by atoms with Crippen LogP contribution in [0.4, 0.5) is 0 Å². The van der Waals surface area contributed by atoms with Crippen LogP contribution < -0.4 is 5.73 Å². The number of rotatable bonds is 6. The maximum atomic E-state index is 12.4. The first-order valence-electron chi connectivity index (χ1n) is 8.77. The molecule has 0 spiro atoms. The summed E-state index contributed by atoms with van der Waals surface area (Å²) in [5.74, 6) is 1.67. The number of hydrogen-bond donors (Lipinski definition) is 1. The number of nitrogens with zero attached hydrogens (tertiary/aromatic N) is 2. The Labute approximate surface area is 142 Å². The minimum absolute atomic E-state index is 0.208. The van der Waals surface area contributed by atoms with E-state index in [0.717, 1.165) is 37.1 Å². The van der Waals surface area contributed by atoms with Crippen molar-refractivity contribution in [2.45, 2.75) is 44.6 Å². The maximum Gasteiger partial charge on any atom is 0.222 e. The quantitative estimate of drug-likeness (QED) is 0.885. The second kappa shape index (κ2) is 8.11. The zero-order valence-electron chi connectivity index (χ0n) is 14.0. The zero-order chi connectivity index (χ0) is 16.8. The van der Waals surface area contributed by atoms with Crippen molar-refractivity contribution in [1.82, 2.24) is 9.88 Å². The van der Waals surface area contributed by atoms with Gasteiger partial charge in [-0.1, -0.05) is 30.3 Å². The van der Waals surface area contributed by atoms with Crippen LogP contribution in [0.15, 0.2) is 40.9 Å². The van der Waals surface area contributed by atoms with E-state index >= 15 is 0 Å². The van der Waals surface area contributed by atoms with E-state index in [0.29, 0.717) is 25.3 Å². The van der Waals surface area contributed by atoms with Crippen molar-refractivity contribution in [1.29, 1.82) is 0 Å². The Morgan fingerprint density at radius 2 is 2.12 bits per heavy atom. The van der Waals surface area contributed by atoms with Crippen molar-refractivity contribution >= 4 is 5.91 Å². The Bertz CT molecular complexity index is 654. The van der Waals surface area contributed by atoms with Crippen molar-refractivity contribution in [3.63, 3.8) is 0 Å². The van der Waals surface area contributed by atoms with Crippen LogP contribution in [0, 0.1) is 0 Å². The number of aryl methyl sites for hydroxylation is 1. The molecule has 5 nitrogen and oxygen atoms in total. The van der Waals surface area contributed by atoms with Gasteiger partial charge in [0.25, 0.3) is 0 Å². The number of carbonyl (C=O) groups excluding carboxylic acids is 1. The largest absolute Gasteiger partial charge is 0.441 e. The molecule has 0 saturated carbocycles. The van der Waals surface area contributed by atoms with Crippen molar-refractivity contribution in [2.75, 3.05) is 13.1 Å². The van der Waals surface area contributed by atoms with Gasteiger partial charge in [0.15, 0.2) is 11.7 Å². The Morgan fingerprint density at radius 1 is 1.29 bits per heavy atom. The number of hydrogen-bond acceptors (Lipinski definition) is 4. The van der Waals surface area contributed by atoms with Gasteiger partial charge in [-0.2, -0.15) is 0 Å². The molecule has 0 radical (unpaired) electrons. The van der Waals surface area contributed by atoms with E-state index in [-0.39, 0.29) is 11.9 Å². The van der Waals surface area contributed by atoms with Crippen LogP contribution in [0.3, 0.4) is 0 Å². The molecule has 1 atom stereocenters. The predicted molar refractivity (Wildman–Crippen MR) is 93.3 cm³/mol. The molecule has 3 rings (SSSR count). The summed E-state index contributed by atoms with van der Waals surface area (Å²) in [5, 5.41) is 0. The Balaban J connectivity index is 1.50. The zero-order valence-corrected chi connectivity index (χ0v) is 14.0. The highest BCUT2D eigenvalue weighted by Crippen LogP contribution is 2.21. The van der Waals surface area contributed by atoms with Crippen molar-refractivity contribution in [3.8, 4) is 11.3 Å². The first kappa shape index (κ1) is 16.7. The number of benzene rings is 1. The normalized spacial score (nSPS) is 17.9. The van der Waals surface area contributed by atoms with Gasteiger partial charge < -0.3 is 15.1 Å². The molecule has 2 N–H and O–H groups in total. The number of carbonyl (C=O) groups is 1. The van der Waals surface area contributed by atoms with Gasteiger partial charge in [0.2, 0.25) is 5.91 Å². The van der Waals surface area contributed by atoms with Gasteiger partial charge in [-0.3, -0.25) is 4.79 Å². The van der Waals surface area contributed by atoms with E-state index in [9.17, 15) is 4.79 Å². The van der Waals surface area contributed by atoms with Gasteiger partial charge >= 0.3 is 0 Å². The van der Waals surface area contributed by atoms with Crippen LogP contribution in [0.5, 0.6) is 0 Å². The summed E-state index contributed by atoms with van der Waals surface area (Å²) < 4.78 is 5.78. The molecule has 1 unspecified atom stereocenters. The standard InChI is InChI=1S/C19H25N3O2/c20-13-16-9-4-5-12-22(16)19(23)11-6-10-18-21-14-17(24-18)15-7-2-1-3-8-15/h1-3,7-8,14,16H,4-6,9-13,20H2. The van der Waals surface area contributed by atoms with Crippen molar-refractivity contribution in [2.24, 2.45) is 5.73 Å². The summed E-state index contributed by atoms with van der Waals surface area (Å²) in [6.07, 6.45) is 7.00. The average molecular weight is 327 g/mol. The second-order valence-corrected chi connectivity index (χ2v) is 6.31. The van der Waals surface area contributed by atoms with Gasteiger partial charge in [-0.25, -0.2) is 4.98 Å². The summed E-state index contributed by atoms with van der Waals surface area (Å²) in [6, 6.07) is 10.1. The molecule has 1 aromatic carbocycles. The van der Waals surface area contributed by atoms with E-state index in [4.69, 9.17) is 10.2 Å². The van der Waals surface area contributed by atoms with Gasteiger partial charge in [0.1, 0.15) is 0 Å². The summed E-state index contributed by atoms with van der Waals surface area (Å²) in [6.45, 7) is 1.41. The molecular weight excluding hydrogens is 302 g/mol. The molecule has 24 heavy (non-hydrogen) atoms. The summed E-state index contributed by atoms with van der Waals surface area (Å²) in [7, 11) is 0. The summed E-state index contributed by atoms with van der Waals surface area (Å²) in [5.41, 5.74) is 6.81. The minimum atomic E-state index is 0.208. The van der Waals surface area contributed by atoms with Crippen LogP contribution in [0.2, 0.25) is 0 Å². The highest BCUT2D eigenvalue weighted by Gasteiger charge is 2.25. The second-order valence-electron chi connectivity index (χ2n) is 6.31. The molecule has 1 aliphatic heterocycles. The van der Waals surface area contributed by atoms with E-state index < -0.39 is 0 Å². The molecule has 1 aromatic heterocycles. The highest BCUT2D eigenvalue weighted by molar-refractivity contribution is 5.76. The van der Waals surface area contributed by atoms with Gasteiger partial charge in [0.05, 0.1) is 6.20 Å². The minimum Gasteiger partial charge on any atom is -0.441 e. The molecular formula is C19H25N3O2. The lowest BCUT2D eigenvalue weighted by Crippen LogP contribution is -2.47. The van der Waals surface area contributed by atoms with Crippen molar-refractivity contribution < 1.29 is 9.21 Å². The molecule has 1 saturated heterocycles. The van der Waals surface area contributed by atoms with Gasteiger partial charge in [0, 0.05) is 37.5 Å². The summed E-state index contributed by atoms with van der Waals surface area (Å²) >= 11 is 0. The molecule has 1 amide bonds. The van der Waals surface area contributed by atoms with Crippen LogP contribution in [0.25, 0.3) is 11.3 Å². The van der Waals surface area contributed by atoms with Crippen LogP contribution in [0.1, 0.15) is 38.0 Å². The predicted octanol–water partition coefficient (Wildman–Crippen LogP) is 3.00. The molecule has 1 fully saturated rings. The topological polar surface area (TPSA) is 72.4 Å². The fourth-order valence-electron chi connectivity index (χ4n) is 3.27. The monoisotopic (exact) mass is 327 g/mol. The number of nitrogens with two attached hydrogens (primary N) is 1. The number of amides is 1. The Morgan fingerprint density at radius 3 is 2.92 bits per heavy atom. The Hall–Kier alpha value is -2.14. The molecule has 2 aromatic rings. The smallest absolute Gasteiger partial charge is 0.222 e. The number of likely N-dealkylation sites (tertiary alicyclic amines) is 1. The maximum absolute atomic E-state index is 12.4. The Kier molecular flexibility index (Phi) is 5.64. The molecule has 0 bridgehead atoms. The average Bonchev–Trinajstić information content (AvgIpc) is 3.11. The fraction of sp³-hybridized carbons (Fsp3) is 0.474. The van der Waals surface area contributed by atoms with E-state index in [1.165, 1.54) is 6.42 Å². The third kappa shape index (κ3) is 4.03. The number of piperidine rings is 1. The number of aromatic nitrogens is 1. The van der Waals surface area contributed by atoms with Crippen LogP contribution in [-0.4, -0.2) is 34.9 Å². The summed E-state index contributed by atoms with van der Waals surface area (Å²) in [4.78, 5) is 18.7. The van der Waals surface area contributed by atoms with E-state index in [1.807, 2.05) is 35.2 Å². The molecule has 2 heterocycles. The molecule has 5 heteroatoms. The highest BCUT2D eigenvalue weighted by atomic mass is 16.4. The number of oxazole rings is 1. The van der Waals surface area contributed by atoms with E-state index in [1.54, 1.807) is 6.20 Å². The van der Waals surface area contributed by atoms with Gasteiger partial charge in [-0.15, -0.1) is 0 Å². The molecule has 1 aliphatic rings. The van der Waals surface area contributed by atoms with E-state index in [2.05, 4.69) is 4.98 Å². The lowest BCUT2D eigenvalue weighted by Gasteiger charge is -2.35. The molecule has 128 valence electrons. The first-order chi connectivity index (χ1) is 11.8. The fourth-order valence-corrected chi connectivity index (χ4v) is 3.27. The van der Waals surface area contributed by atoms with Crippen molar-refractivity contribution in [3.05, 3.63) is 42.4 Å². The third-order valence-corrected chi connectivity index (χ3v) is 4.61. The SMILES string of the molecule is NCC1CCCCN1C(=O)CCCc1ncc(-c2ccccc2)o1. The third-order valence-electron chi connectivity index (χ3n) is 4.61. The lowest BCUT2D eigenvalue weighted by atomic mass is 10.0. The lowest BCUT2D eigenvalue weighted by molar-refractivity contribution is -0.134. The molecule has 0 aliphatic carbocycles. The first-order valence-corrected chi connectivity index (χ1v) is 8.77. The van der Waals surface area contributed by atoms with Gasteiger partial charge in [-0.05, 0) is 25.7 Å². The van der Waals surface area contributed by atoms with Crippen LogP contribution in [-0.2, 0) is 11.2 Å². The van der Waals surface area contributed by atoms with Crippen LogP contribution >= 0.6 is 0 Å².